The van der Waals surface area contributed by atoms with Gasteiger partial charge in [0.15, 0.2) is 0 Å². The summed E-state index contributed by atoms with van der Waals surface area (Å²) in [5, 5.41) is 0. The van der Waals surface area contributed by atoms with Gasteiger partial charge in [0, 0.05) is 0 Å². The second-order valence-electron chi connectivity index (χ2n) is 0.407. The summed E-state index contributed by atoms with van der Waals surface area (Å²) in [6.45, 7) is 2.84. The molecule has 0 radical (unpaired) electrons. The van der Waals surface area contributed by atoms with Crippen LogP contribution in [0.5, 0.6) is 0 Å². The average molecular weight is 229 g/mol. The zero-order chi connectivity index (χ0) is 3.41. The fourth-order valence-corrected chi connectivity index (χ4v) is 0. The van der Waals surface area contributed by atoms with Gasteiger partial charge in [0.2, 0.25) is 0 Å². The average Bonchev–Trinajstić information content (AvgIpc) is 1.37. The van der Waals surface area contributed by atoms with Crippen molar-refractivity contribution in [3.05, 3.63) is 0 Å². The third-order valence-corrected chi connectivity index (χ3v) is 0.965. The Hall–Kier alpha value is 0.648. The zero-order valence-electron chi connectivity index (χ0n) is 2.52. The molecule has 0 aliphatic carbocycles. The maximum atomic E-state index is 4.62. The van der Waals surface area contributed by atoms with Crippen LogP contribution in [0.15, 0.2) is 0 Å². The van der Waals surface area contributed by atoms with E-state index < -0.39 is 0 Å². The fraction of sp³-hybridized carbons (Fsp3) is 1.00. The molecular formula is C2H5OW. The second kappa shape index (κ2) is 3.65. The molecule has 1 nitrogen and oxygen atoms in total. The molecule has 0 saturated carbocycles. The molecule has 0 aliphatic rings. The van der Waals surface area contributed by atoms with Crippen LogP contribution < -0.4 is 0 Å². The van der Waals surface area contributed by atoms with Crippen molar-refractivity contribution in [1.29, 1.82) is 0 Å². The van der Waals surface area contributed by atoms with E-state index in [2.05, 4.69) is 3.39 Å². The Bertz CT molecular complexity index is 8.00. The van der Waals surface area contributed by atoms with E-state index >= 15 is 0 Å². The summed E-state index contributed by atoms with van der Waals surface area (Å²) in [4.78, 5) is 0. The third kappa shape index (κ3) is 2.65. The summed E-state index contributed by atoms with van der Waals surface area (Å²) >= 11 is 1.21. The SMILES string of the molecule is CC[O][W]. The van der Waals surface area contributed by atoms with E-state index in [-0.39, 0.29) is 0 Å². The van der Waals surface area contributed by atoms with Crippen molar-refractivity contribution in [3.8, 4) is 0 Å². The number of hydrogen-bond donors (Lipinski definition) is 0. The predicted molar refractivity (Wildman–Crippen MR) is 11.6 cm³/mol. The summed E-state index contributed by atoms with van der Waals surface area (Å²) in [6.07, 6.45) is 0. The molecule has 4 heavy (non-hydrogen) atoms. The first-order valence-electron chi connectivity index (χ1n) is 1.16. The van der Waals surface area contributed by atoms with Gasteiger partial charge in [-0.3, -0.25) is 0 Å². The van der Waals surface area contributed by atoms with Crippen LogP contribution in [0.4, 0.5) is 0 Å². The molecule has 0 unspecified atom stereocenters. The van der Waals surface area contributed by atoms with Gasteiger partial charge in [-0.05, 0) is 0 Å². The van der Waals surface area contributed by atoms with Crippen molar-refractivity contribution >= 4 is 0 Å². The van der Waals surface area contributed by atoms with Gasteiger partial charge in [0.1, 0.15) is 0 Å². The Morgan fingerprint density at radius 1 is 2.00 bits per heavy atom. The van der Waals surface area contributed by atoms with Crippen LogP contribution in [0.3, 0.4) is 0 Å². The van der Waals surface area contributed by atoms with Crippen LogP contribution in [0, 0.1) is 0 Å². The minimum absolute atomic E-state index is 0.856. The fourth-order valence-electron chi connectivity index (χ4n) is 0. The topological polar surface area (TPSA) is 9.23 Å². The molecule has 0 aromatic rings. The monoisotopic (exact) mass is 229 g/mol. The van der Waals surface area contributed by atoms with E-state index in [4.69, 9.17) is 0 Å². The predicted octanol–water partition coefficient (Wildman–Crippen LogP) is 0.485. The summed E-state index contributed by atoms with van der Waals surface area (Å²) in [5.74, 6) is 0. The van der Waals surface area contributed by atoms with Crippen LogP contribution >= 0.6 is 0 Å². The molecule has 0 fully saturated rings. The van der Waals surface area contributed by atoms with Crippen LogP contribution in [-0.2, 0) is 23.6 Å². The number of hydrogen-bond acceptors (Lipinski definition) is 1. The van der Waals surface area contributed by atoms with E-state index in [0.717, 1.165) is 6.61 Å². The Morgan fingerprint density at radius 3 is 2.25 bits per heavy atom. The number of rotatable bonds is 1. The molecule has 0 saturated heterocycles. The van der Waals surface area contributed by atoms with Crippen LogP contribution in [0.25, 0.3) is 0 Å². The van der Waals surface area contributed by atoms with Gasteiger partial charge < -0.3 is 0 Å². The van der Waals surface area contributed by atoms with Crippen LogP contribution in [-0.4, -0.2) is 6.61 Å². The van der Waals surface area contributed by atoms with E-state index in [1.807, 2.05) is 6.92 Å². The van der Waals surface area contributed by atoms with E-state index in [1.165, 1.54) is 20.2 Å². The molecule has 2 heteroatoms. The van der Waals surface area contributed by atoms with Crippen molar-refractivity contribution in [2.24, 2.45) is 0 Å². The summed E-state index contributed by atoms with van der Waals surface area (Å²) in [5.41, 5.74) is 0. The first-order valence-corrected chi connectivity index (χ1v) is 2.36. The van der Waals surface area contributed by atoms with Crippen molar-refractivity contribution in [2.45, 2.75) is 6.92 Å². The maximum absolute atomic E-state index is 4.62. The van der Waals surface area contributed by atoms with Crippen molar-refractivity contribution in [2.75, 3.05) is 6.61 Å². The second-order valence-corrected chi connectivity index (χ2v) is 1.25. The Morgan fingerprint density at radius 2 is 2.25 bits per heavy atom. The van der Waals surface area contributed by atoms with E-state index in [1.54, 1.807) is 0 Å². The summed E-state index contributed by atoms with van der Waals surface area (Å²) in [6, 6.07) is 0. The molecule has 0 aromatic heterocycles. The molecule has 0 amide bonds. The molecular weight excluding hydrogens is 224 g/mol. The molecule has 0 spiro atoms. The first kappa shape index (κ1) is 4.65. The van der Waals surface area contributed by atoms with E-state index in [9.17, 15) is 0 Å². The Balaban J connectivity index is 1.97. The van der Waals surface area contributed by atoms with Gasteiger partial charge in [0.05, 0.1) is 0 Å². The minimum atomic E-state index is 0.856. The molecule has 0 aliphatic heterocycles. The standard InChI is InChI=1S/C2H5O.W/c1-2-3;/h2H2,1H3;/q-1;+1. The molecule has 0 atom stereocenters. The van der Waals surface area contributed by atoms with Gasteiger partial charge in [0.25, 0.3) is 0 Å². The summed E-state index contributed by atoms with van der Waals surface area (Å²) in [7, 11) is 0. The zero-order valence-corrected chi connectivity index (χ0v) is 5.46. The van der Waals surface area contributed by atoms with Gasteiger partial charge in [-0.1, -0.05) is 0 Å². The molecule has 25 valence electrons. The van der Waals surface area contributed by atoms with Gasteiger partial charge in [-0.15, -0.1) is 0 Å². The molecule has 0 aromatic carbocycles. The molecule has 0 bridgehead atoms. The van der Waals surface area contributed by atoms with Crippen molar-refractivity contribution in [1.82, 2.24) is 0 Å². The Kier molecular flexibility index (Phi) is 4.24. The Labute approximate surface area is 37.7 Å². The molecule has 0 heterocycles. The van der Waals surface area contributed by atoms with Gasteiger partial charge >= 0.3 is 37.1 Å². The molecule has 0 rings (SSSR count). The summed E-state index contributed by atoms with van der Waals surface area (Å²) < 4.78 is 4.62. The first-order chi connectivity index (χ1) is 1.91. The van der Waals surface area contributed by atoms with Gasteiger partial charge in [-0.25, -0.2) is 0 Å². The van der Waals surface area contributed by atoms with Crippen LogP contribution in [0.1, 0.15) is 6.92 Å². The van der Waals surface area contributed by atoms with Gasteiger partial charge in [-0.2, -0.15) is 0 Å². The van der Waals surface area contributed by atoms with Crippen molar-refractivity contribution in [3.63, 3.8) is 0 Å². The normalized spacial score (nSPS) is 7.25. The third-order valence-electron chi connectivity index (χ3n) is 0.118. The quantitative estimate of drug-likeness (QED) is 0.635. The molecule has 0 N–H and O–H groups in total. The van der Waals surface area contributed by atoms with Crippen LogP contribution in [0.2, 0.25) is 0 Å². The van der Waals surface area contributed by atoms with E-state index in [0.29, 0.717) is 0 Å². The van der Waals surface area contributed by atoms with Crippen molar-refractivity contribution < 1.29 is 23.6 Å².